The fourth-order valence-electron chi connectivity index (χ4n) is 3.94. The van der Waals surface area contributed by atoms with Gasteiger partial charge in [0.25, 0.3) is 5.91 Å². The van der Waals surface area contributed by atoms with Crippen LogP contribution in [-0.4, -0.2) is 31.8 Å². The third-order valence-electron chi connectivity index (χ3n) is 5.84. The van der Waals surface area contributed by atoms with Crippen LogP contribution in [0, 0.1) is 0 Å². The first kappa shape index (κ1) is 23.8. The SMILES string of the molecule is O=C(NN=C(Cc1ccccc1)Cc1ccccc1)c1ccc(Cn2nnc(-c3ccccc3)n2)cc1. The molecule has 0 fully saturated rings. The van der Waals surface area contributed by atoms with Crippen LogP contribution in [0.25, 0.3) is 11.4 Å². The standard InChI is InChI=1S/C30H26N6O/c37-30(33-31-28(20-23-10-4-1-5-11-23)21-24-12-6-2-7-13-24)27-18-16-25(17-19-27)22-36-34-29(32-35-36)26-14-8-3-9-15-26/h1-19H,20-22H2,(H,33,37). The van der Waals surface area contributed by atoms with Crippen LogP contribution in [-0.2, 0) is 19.4 Å². The van der Waals surface area contributed by atoms with Crippen LogP contribution in [0.2, 0.25) is 0 Å². The van der Waals surface area contributed by atoms with Gasteiger partial charge in [0.1, 0.15) is 0 Å². The number of hydrogen-bond acceptors (Lipinski definition) is 5. The molecule has 5 rings (SSSR count). The van der Waals surface area contributed by atoms with Gasteiger partial charge in [0.15, 0.2) is 0 Å². The second-order valence-corrected chi connectivity index (χ2v) is 8.65. The largest absolute Gasteiger partial charge is 0.271 e. The second-order valence-electron chi connectivity index (χ2n) is 8.65. The van der Waals surface area contributed by atoms with E-state index in [0.29, 0.717) is 30.8 Å². The van der Waals surface area contributed by atoms with Gasteiger partial charge in [0, 0.05) is 29.7 Å². The summed E-state index contributed by atoms with van der Waals surface area (Å²) in [6.45, 7) is 0.457. The van der Waals surface area contributed by atoms with Crippen molar-refractivity contribution in [2.24, 2.45) is 5.10 Å². The number of hydrogen-bond donors (Lipinski definition) is 1. The number of carbonyl (C=O) groups is 1. The van der Waals surface area contributed by atoms with E-state index in [9.17, 15) is 4.79 Å². The van der Waals surface area contributed by atoms with Crippen molar-refractivity contribution in [3.63, 3.8) is 0 Å². The van der Waals surface area contributed by atoms with Crippen molar-refractivity contribution in [3.05, 3.63) is 138 Å². The molecule has 37 heavy (non-hydrogen) atoms. The second kappa shape index (κ2) is 11.7. The van der Waals surface area contributed by atoms with Crippen LogP contribution >= 0.6 is 0 Å². The molecule has 4 aromatic carbocycles. The van der Waals surface area contributed by atoms with Gasteiger partial charge in [-0.2, -0.15) is 9.90 Å². The lowest BCUT2D eigenvalue weighted by Gasteiger charge is -2.09. The first-order chi connectivity index (χ1) is 18.2. The summed E-state index contributed by atoms with van der Waals surface area (Å²) in [6, 6.07) is 37.3. The molecular formula is C30H26N6O. The summed E-state index contributed by atoms with van der Waals surface area (Å²) < 4.78 is 0. The molecule has 0 saturated heterocycles. The van der Waals surface area contributed by atoms with Crippen molar-refractivity contribution in [2.75, 3.05) is 0 Å². The summed E-state index contributed by atoms with van der Waals surface area (Å²) in [4.78, 5) is 14.4. The minimum atomic E-state index is -0.254. The number of hydrazone groups is 1. The van der Waals surface area contributed by atoms with E-state index in [1.54, 1.807) is 16.9 Å². The molecule has 5 aromatic rings. The van der Waals surface area contributed by atoms with Crippen molar-refractivity contribution in [1.29, 1.82) is 0 Å². The Balaban J connectivity index is 1.24. The van der Waals surface area contributed by atoms with Crippen molar-refractivity contribution in [3.8, 4) is 11.4 Å². The number of aromatic nitrogens is 4. The minimum absolute atomic E-state index is 0.254. The number of nitrogens with one attached hydrogen (secondary N) is 1. The highest BCUT2D eigenvalue weighted by Crippen LogP contribution is 2.13. The summed E-state index contributed by atoms with van der Waals surface area (Å²) in [5.74, 6) is 0.326. The van der Waals surface area contributed by atoms with Gasteiger partial charge < -0.3 is 0 Å². The Morgan fingerprint density at radius 3 is 1.86 bits per heavy atom. The molecule has 0 spiro atoms. The molecule has 0 bridgehead atoms. The summed E-state index contributed by atoms with van der Waals surface area (Å²) in [5, 5.41) is 17.2. The Labute approximate surface area is 215 Å². The average molecular weight is 487 g/mol. The third kappa shape index (κ3) is 6.61. The van der Waals surface area contributed by atoms with Gasteiger partial charge in [0.05, 0.1) is 6.54 Å². The zero-order valence-corrected chi connectivity index (χ0v) is 20.2. The normalized spacial score (nSPS) is 10.6. The minimum Gasteiger partial charge on any atom is -0.267 e. The lowest BCUT2D eigenvalue weighted by Crippen LogP contribution is -2.21. The molecular weight excluding hydrogens is 460 g/mol. The molecule has 0 aliphatic heterocycles. The first-order valence-corrected chi connectivity index (χ1v) is 12.1. The zero-order valence-electron chi connectivity index (χ0n) is 20.2. The molecule has 7 heteroatoms. The quantitative estimate of drug-likeness (QED) is 0.236. The van der Waals surface area contributed by atoms with Crippen LogP contribution in [0.15, 0.2) is 120 Å². The summed E-state index contributed by atoms with van der Waals surface area (Å²) in [5.41, 5.74) is 8.33. The number of tetrazole rings is 1. The monoisotopic (exact) mass is 486 g/mol. The van der Waals surface area contributed by atoms with Gasteiger partial charge in [0.2, 0.25) is 5.82 Å². The lowest BCUT2D eigenvalue weighted by atomic mass is 10.0. The van der Waals surface area contributed by atoms with Gasteiger partial charge in [-0.05, 0) is 34.0 Å². The summed E-state index contributed by atoms with van der Waals surface area (Å²) in [7, 11) is 0. The van der Waals surface area contributed by atoms with Gasteiger partial charge in [-0.1, -0.05) is 103 Å². The maximum absolute atomic E-state index is 12.8. The number of nitrogens with zero attached hydrogens (tertiary/aromatic N) is 5. The Morgan fingerprint density at radius 1 is 0.703 bits per heavy atom. The van der Waals surface area contributed by atoms with Gasteiger partial charge in [-0.15, -0.1) is 10.2 Å². The molecule has 182 valence electrons. The first-order valence-electron chi connectivity index (χ1n) is 12.1. The highest BCUT2D eigenvalue weighted by molar-refractivity contribution is 5.96. The Hall–Kier alpha value is -4.91. The zero-order chi connectivity index (χ0) is 25.3. The van der Waals surface area contributed by atoms with E-state index in [0.717, 1.165) is 28.0 Å². The van der Waals surface area contributed by atoms with Crippen molar-refractivity contribution in [1.82, 2.24) is 25.6 Å². The number of benzene rings is 4. The van der Waals surface area contributed by atoms with E-state index in [4.69, 9.17) is 0 Å². The molecule has 1 N–H and O–H groups in total. The summed E-state index contributed by atoms with van der Waals surface area (Å²) in [6.07, 6.45) is 1.32. The maximum atomic E-state index is 12.8. The van der Waals surface area contributed by atoms with E-state index in [2.05, 4.69) is 50.2 Å². The molecule has 0 radical (unpaired) electrons. The van der Waals surface area contributed by atoms with Crippen LogP contribution in [0.1, 0.15) is 27.0 Å². The third-order valence-corrected chi connectivity index (χ3v) is 5.84. The van der Waals surface area contributed by atoms with Gasteiger partial charge in [-0.25, -0.2) is 5.43 Å². The van der Waals surface area contributed by atoms with E-state index < -0.39 is 0 Å². The number of amides is 1. The van der Waals surface area contributed by atoms with Crippen molar-refractivity contribution >= 4 is 11.6 Å². The topological polar surface area (TPSA) is 85.1 Å². The maximum Gasteiger partial charge on any atom is 0.271 e. The van der Waals surface area contributed by atoms with E-state index in [1.165, 1.54) is 0 Å². The number of rotatable bonds is 9. The van der Waals surface area contributed by atoms with Gasteiger partial charge >= 0.3 is 0 Å². The molecule has 1 amide bonds. The van der Waals surface area contributed by atoms with Crippen LogP contribution in [0.4, 0.5) is 0 Å². The van der Waals surface area contributed by atoms with Gasteiger partial charge in [-0.3, -0.25) is 4.79 Å². The Kier molecular flexibility index (Phi) is 7.52. The molecule has 1 aromatic heterocycles. The van der Waals surface area contributed by atoms with Crippen LogP contribution < -0.4 is 5.43 Å². The smallest absolute Gasteiger partial charge is 0.267 e. The lowest BCUT2D eigenvalue weighted by molar-refractivity contribution is 0.0954. The highest BCUT2D eigenvalue weighted by Gasteiger charge is 2.09. The Bertz CT molecular complexity index is 1420. The fraction of sp³-hybridized carbons (Fsp3) is 0.100. The average Bonchev–Trinajstić information content (AvgIpc) is 3.42. The summed E-state index contributed by atoms with van der Waals surface area (Å²) >= 11 is 0. The molecule has 0 unspecified atom stereocenters. The predicted molar refractivity (Wildman–Crippen MR) is 144 cm³/mol. The molecule has 1 heterocycles. The molecule has 0 atom stereocenters. The molecule has 0 aliphatic carbocycles. The van der Waals surface area contributed by atoms with Crippen molar-refractivity contribution in [2.45, 2.75) is 19.4 Å². The van der Waals surface area contributed by atoms with Crippen LogP contribution in [0.5, 0.6) is 0 Å². The molecule has 0 saturated carbocycles. The van der Waals surface area contributed by atoms with Crippen LogP contribution in [0.3, 0.4) is 0 Å². The highest BCUT2D eigenvalue weighted by atomic mass is 16.2. The predicted octanol–water partition coefficient (Wildman–Crippen LogP) is 4.96. The van der Waals surface area contributed by atoms with E-state index in [1.807, 2.05) is 78.9 Å². The van der Waals surface area contributed by atoms with Crippen molar-refractivity contribution < 1.29 is 4.79 Å². The Morgan fingerprint density at radius 2 is 1.27 bits per heavy atom. The molecule has 0 aliphatic rings. The number of carbonyl (C=O) groups excluding carboxylic acids is 1. The molecule has 7 nitrogen and oxygen atoms in total. The van der Waals surface area contributed by atoms with E-state index >= 15 is 0 Å². The fourth-order valence-corrected chi connectivity index (χ4v) is 3.94. The van der Waals surface area contributed by atoms with E-state index in [-0.39, 0.29) is 5.91 Å².